The molecule has 16 rings (SSSR count). The molecule has 0 unspecified atom stereocenters. The van der Waals surface area contributed by atoms with E-state index in [4.69, 9.17) is 0 Å². The Balaban J connectivity index is 0.000000496. The van der Waals surface area contributed by atoms with Crippen LogP contribution in [0.15, 0.2) is 342 Å². The first-order chi connectivity index (χ1) is 39.7. The van der Waals surface area contributed by atoms with Crippen LogP contribution in [-0.2, 0) is 0 Å². The van der Waals surface area contributed by atoms with E-state index in [-0.39, 0.29) is 136 Å². The van der Waals surface area contributed by atoms with Crippen LogP contribution < -0.4 is 0 Å². The van der Waals surface area contributed by atoms with Gasteiger partial charge < -0.3 is 0 Å². The highest BCUT2D eigenvalue weighted by Gasteiger charge is 1.92. The van der Waals surface area contributed by atoms with Crippen molar-refractivity contribution in [3.63, 3.8) is 0 Å². The Labute approximate surface area is 597 Å². The van der Waals surface area contributed by atoms with Crippen molar-refractivity contribution in [3.05, 3.63) is 342 Å². The third-order valence-electron chi connectivity index (χ3n) is 12.4. The molecule has 0 aliphatic carbocycles. The number of hydrogen-bond donors (Lipinski definition) is 0. The summed E-state index contributed by atoms with van der Waals surface area (Å²) in [4.78, 5) is 32.1. The van der Waals surface area contributed by atoms with Gasteiger partial charge in [-0.05, 0) is 135 Å². The number of halogens is 8. The molecule has 88 heavy (non-hydrogen) atoms. The van der Waals surface area contributed by atoms with Crippen LogP contribution in [0.25, 0.3) is 86.2 Å². The highest BCUT2D eigenvalue weighted by Crippen LogP contribution is 2.15. The lowest BCUT2D eigenvalue weighted by atomic mass is 10.2. The van der Waals surface area contributed by atoms with Gasteiger partial charge in [-0.25, -0.2) is 0 Å². The van der Waals surface area contributed by atoms with Crippen molar-refractivity contribution in [2.75, 3.05) is 0 Å². The van der Waals surface area contributed by atoms with Gasteiger partial charge in [0.1, 0.15) is 0 Å². The third-order valence-corrected chi connectivity index (χ3v) is 12.4. The van der Waals surface area contributed by atoms with Crippen LogP contribution in [0.1, 0.15) is 0 Å². The molecule has 0 N–H and O–H groups in total. The number of pyridine rings is 8. The molecule has 8 nitrogen and oxygen atoms in total. The Morgan fingerprint density at radius 2 is 0.205 bits per heavy atom. The smallest absolute Gasteiger partial charge is 0.0346 e. The summed E-state index contributed by atoms with van der Waals surface area (Å²) in [6.45, 7) is 0. The second-order valence-electron chi connectivity index (χ2n) is 17.8. The zero-order valence-electron chi connectivity index (χ0n) is 47.2. The van der Waals surface area contributed by atoms with Crippen molar-refractivity contribution in [2.24, 2.45) is 0 Å². The predicted octanol–water partition coefficient (Wildman–Crippen LogP) is 22.5. The van der Waals surface area contributed by atoms with Gasteiger partial charge in [-0.3, -0.25) is 39.9 Å². The van der Waals surface area contributed by atoms with Crippen molar-refractivity contribution in [1.29, 1.82) is 0 Å². The van der Waals surface area contributed by atoms with Gasteiger partial charge in [-0.2, -0.15) is 0 Å². The topological polar surface area (TPSA) is 103 Å². The van der Waals surface area contributed by atoms with E-state index in [1.165, 1.54) is 86.2 Å². The third kappa shape index (κ3) is 25.5. The molecule has 0 amide bonds. The van der Waals surface area contributed by atoms with Gasteiger partial charge in [0.05, 0.1) is 0 Å². The van der Waals surface area contributed by atoms with Crippen LogP contribution >= 0.6 is 136 Å². The van der Waals surface area contributed by atoms with E-state index in [1.54, 1.807) is 0 Å². The Hall–Kier alpha value is -7.12. The standard InChI is InChI=1S/8C9H7N.8BrH/c8*1-2-4-9-7-10-6-5-8(9)3-1;;;;;;;;/h8*1-7H;8*1H. The van der Waals surface area contributed by atoms with Crippen LogP contribution in [0.5, 0.6) is 0 Å². The van der Waals surface area contributed by atoms with Gasteiger partial charge in [0.15, 0.2) is 0 Å². The largest absolute Gasteiger partial charge is 0.264 e. The molecule has 8 aromatic carbocycles. The lowest BCUT2D eigenvalue weighted by Crippen LogP contribution is -1.71. The molecule has 0 saturated heterocycles. The number of hydrogen-bond acceptors (Lipinski definition) is 8. The first kappa shape index (κ1) is 78.9. The van der Waals surface area contributed by atoms with Gasteiger partial charge in [0, 0.05) is 99.1 Å². The normalized spacial score (nSPS) is 9.09. The Morgan fingerprint density at radius 1 is 0.114 bits per heavy atom. The molecule has 0 aliphatic heterocycles. The summed E-state index contributed by atoms with van der Waals surface area (Å²) in [5, 5.41) is 19.6. The fraction of sp³-hybridized carbons (Fsp3) is 0. The highest BCUT2D eigenvalue weighted by molar-refractivity contribution is 8.93. The average molecular weight is 1680 g/mol. The molecule has 8 heterocycles. The molecule has 0 radical (unpaired) electrons. The maximum Gasteiger partial charge on any atom is 0.0346 e. The molecule has 8 aromatic heterocycles. The van der Waals surface area contributed by atoms with Crippen LogP contribution in [0, 0.1) is 0 Å². The van der Waals surface area contributed by atoms with Crippen molar-refractivity contribution in [1.82, 2.24) is 39.9 Å². The van der Waals surface area contributed by atoms with E-state index in [2.05, 4.69) is 137 Å². The van der Waals surface area contributed by atoms with Crippen molar-refractivity contribution < 1.29 is 0 Å². The summed E-state index contributed by atoms with van der Waals surface area (Å²) in [6.07, 6.45) is 29.4. The Morgan fingerprint density at radius 3 is 0.295 bits per heavy atom. The molecule has 0 fully saturated rings. The summed E-state index contributed by atoms with van der Waals surface area (Å²) in [5.74, 6) is 0. The predicted molar refractivity (Wildman–Crippen MR) is 417 cm³/mol. The molecule has 0 bridgehead atoms. The first-order valence-electron chi connectivity index (χ1n) is 26.0. The summed E-state index contributed by atoms with van der Waals surface area (Å²) < 4.78 is 0. The Bertz CT molecular complexity index is 3100. The molecular weight excluding hydrogens is 1620 g/mol. The average Bonchev–Trinajstić information content (AvgIpc) is 3.63. The van der Waals surface area contributed by atoms with Crippen LogP contribution in [-0.4, -0.2) is 39.9 Å². The van der Waals surface area contributed by atoms with Gasteiger partial charge >= 0.3 is 0 Å². The number of nitrogens with zero attached hydrogens (tertiary/aromatic N) is 8. The zero-order valence-corrected chi connectivity index (χ0v) is 60.9. The SMILES string of the molecule is Br.Br.Br.Br.Br.Br.Br.Br.c1ccc2cnccc2c1.c1ccc2cnccc2c1.c1ccc2cnccc2c1.c1ccc2cnccc2c1.c1ccc2cnccc2c1.c1ccc2cnccc2c1.c1ccc2cnccc2c1.c1ccc2cnccc2c1. The molecule has 16 aromatic rings. The molecular formula is C72H64Br8N8. The minimum atomic E-state index is 0. The summed E-state index contributed by atoms with van der Waals surface area (Å²) in [5.41, 5.74) is 0. The minimum absolute atomic E-state index is 0. The van der Waals surface area contributed by atoms with Gasteiger partial charge in [-0.1, -0.05) is 194 Å². The second-order valence-corrected chi connectivity index (χ2v) is 17.8. The van der Waals surface area contributed by atoms with Crippen LogP contribution in [0.4, 0.5) is 0 Å². The maximum atomic E-state index is 4.01. The number of rotatable bonds is 0. The fourth-order valence-electron chi connectivity index (χ4n) is 8.22. The molecule has 448 valence electrons. The Kier molecular flexibility index (Phi) is 40.5. The van der Waals surface area contributed by atoms with Gasteiger partial charge in [0.2, 0.25) is 0 Å². The molecule has 0 aliphatic rings. The van der Waals surface area contributed by atoms with Crippen molar-refractivity contribution in [2.45, 2.75) is 0 Å². The molecule has 0 spiro atoms. The van der Waals surface area contributed by atoms with E-state index < -0.39 is 0 Å². The molecule has 0 saturated carbocycles. The van der Waals surface area contributed by atoms with Gasteiger partial charge in [0.25, 0.3) is 0 Å². The summed E-state index contributed by atoms with van der Waals surface area (Å²) in [6, 6.07) is 81.6. The van der Waals surface area contributed by atoms with Crippen molar-refractivity contribution >= 4 is 222 Å². The quantitative estimate of drug-likeness (QED) is 0.148. The summed E-state index contributed by atoms with van der Waals surface area (Å²) in [7, 11) is 0. The van der Waals surface area contributed by atoms with E-state index in [0.717, 1.165) is 0 Å². The van der Waals surface area contributed by atoms with Crippen molar-refractivity contribution in [3.8, 4) is 0 Å². The van der Waals surface area contributed by atoms with Crippen LogP contribution in [0.3, 0.4) is 0 Å². The first-order valence-corrected chi connectivity index (χ1v) is 26.0. The van der Waals surface area contributed by atoms with E-state index >= 15 is 0 Å². The second kappa shape index (κ2) is 45.2. The lowest BCUT2D eigenvalue weighted by Gasteiger charge is -1.91. The maximum absolute atomic E-state index is 4.01. The van der Waals surface area contributed by atoms with E-state index in [0.29, 0.717) is 0 Å². The monoisotopic (exact) mass is 1670 g/mol. The lowest BCUT2D eigenvalue weighted by molar-refractivity contribution is 1.36. The zero-order chi connectivity index (χ0) is 54.5. The van der Waals surface area contributed by atoms with E-state index in [1.807, 2.05) is 245 Å². The van der Waals surface area contributed by atoms with Gasteiger partial charge in [-0.15, -0.1) is 136 Å². The summed E-state index contributed by atoms with van der Waals surface area (Å²) >= 11 is 0. The number of aromatic nitrogens is 8. The van der Waals surface area contributed by atoms with Crippen LogP contribution in [0.2, 0.25) is 0 Å². The number of benzene rings is 8. The highest BCUT2D eigenvalue weighted by atomic mass is 79.9. The fourth-order valence-corrected chi connectivity index (χ4v) is 8.22. The van der Waals surface area contributed by atoms with E-state index in [9.17, 15) is 0 Å². The number of fused-ring (bicyclic) bond motifs is 8. The molecule has 0 atom stereocenters. The molecule has 16 heteroatoms. The minimum Gasteiger partial charge on any atom is -0.264 e.